The highest BCUT2D eigenvalue weighted by molar-refractivity contribution is 5.75. The van der Waals surface area contributed by atoms with Crippen molar-refractivity contribution in [3.8, 4) is 0 Å². The average Bonchev–Trinajstić information content (AvgIpc) is 2.09. The number of hydrogen-bond acceptors (Lipinski definition) is 2. The number of amides is 1. The second-order valence-electron chi connectivity index (χ2n) is 3.26. The van der Waals surface area contributed by atoms with Crippen LogP contribution < -0.4 is 11.1 Å². The predicted molar refractivity (Wildman–Crippen MR) is 46.5 cm³/mol. The maximum atomic E-state index is 11.7. The maximum Gasteiger partial charge on any atom is 0.389 e. The molecule has 1 amide bonds. The normalized spacial score (nSPS) is 13.8. The van der Waals surface area contributed by atoms with Crippen LogP contribution in [-0.4, -0.2) is 25.2 Å². The van der Waals surface area contributed by atoms with E-state index in [1.54, 1.807) is 0 Å². The van der Waals surface area contributed by atoms with Gasteiger partial charge in [0.1, 0.15) is 0 Å². The Bertz CT molecular complexity index is 182. The van der Waals surface area contributed by atoms with Crippen LogP contribution in [0.4, 0.5) is 13.2 Å². The highest BCUT2D eigenvalue weighted by Crippen LogP contribution is 2.20. The molecule has 0 saturated heterocycles. The minimum Gasteiger partial charge on any atom is -0.356 e. The molecule has 0 aliphatic rings. The summed E-state index contributed by atoms with van der Waals surface area (Å²) in [6, 6.07) is 0. The van der Waals surface area contributed by atoms with Crippen LogP contribution >= 0.6 is 0 Å². The van der Waals surface area contributed by atoms with E-state index in [0.717, 1.165) is 0 Å². The number of nitrogens with two attached hydrogens (primary N) is 1. The summed E-state index contributed by atoms with van der Waals surface area (Å²) < 4.78 is 35.0. The Hall–Kier alpha value is -0.780. The van der Waals surface area contributed by atoms with Crippen molar-refractivity contribution < 1.29 is 18.0 Å². The zero-order chi connectivity index (χ0) is 11.2. The first-order valence-electron chi connectivity index (χ1n) is 4.38. The number of rotatable bonds is 5. The van der Waals surface area contributed by atoms with Crippen molar-refractivity contribution in [1.82, 2.24) is 5.32 Å². The average molecular weight is 212 g/mol. The van der Waals surface area contributed by atoms with Gasteiger partial charge in [0.15, 0.2) is 0 Å². The molecule has 1 unspecified atom stereocenters. The molecule has 0 saturated carbocycles. The van der Waals surface area contributed by atoms with E-state index in [2.05, 4.69) is 5.32 Å². The summed E-state index contributed by atoms with van der Waals surface area (Å²) in [6.07, 6.45) is -5.85. The van der Waals surface area contributed by atoms with E-state index in [1.165, 1.54) is 0 Å². The zero-order valence-electron chi connectivity index (χ0n) is 8.03. The van der Waals surface area contributed by atoms with Gasteiger partial charge in [0.05, 0.1) is 6.42 Å². The van der Waals surface area contributed by atoms with Gasteiger partial charge in [0.25, 0.3) is 0 Å². The van der Waals surface area contributed by atoms with E-state index < -0.39 is 24.9 Å². The topological polar surface area (TPSA) is 55.1 Å². The minimum atomic E-state index is -4.27. The van der Waals surface area contributed by atoms with Crippen molar-refractivity contribution in [3.63, 3.8) is 0 Å². The fourth-order valence-corrected chi connectivity index (χ4v) is 0.715. The molecule has 0 aromatic carbocycles. The smallest absolute Gasteiger partial charge is 0.356 e. The summed E-state index contributed by atoms with van der Waals surface area (Å²) in [6.45, 7) is 2.54. The Morgan fingerprint density at radius 3 is 2.50 bits per heavy atom. The first-order valence-corrected chi connectivity index (χ1v) is 4.38. The van der Waals surface area contributed by atoms with Gasteiger partial charge in [-0.3, -0.25) is 4.79 Å². The fourth-order valence-electron chi connectivity index (χ4n) is 0.715. The lowest BCUT2D eigenvalue weighted by atomic mass is 10.2. The largest absolute Gasteiger partial charge is 0.389 e. The predicted octanol–water partition coefficient (Wildman–Crippen LogP) is 1.04. The van der Waals surface area contributed by atoms with Gasteiger partial charge in [0, 0.05) is 13.0 Å². The highest BCUT2D eigenvalue weighted by atomic mass is 19.4. The standard InChI is InChI=1S/C8H15F3N2O/c1-6(4-12)5-13-7(14)2-3-8(9,10)11/h6H,2-5,12H2,1H3,(H,13,14). The Balaban J connectivity index is 3.57. The lowest BCUT2D eigenvalue weighted by molar-refractivity contribution is -0.144. The van der Waals surface area contributed by atoms with Gasteiger partial charge in [0.2, 0.25) is 5.91 Å². The minimum absolute atomic E-state index is 0.0878. The Labute approximate surface area is 80.8 Å². The third kappa shape index (κ3) is 7.85. The van der Waals surface area contributed by atoms with Crippen molar-refractivity contribution in [2.45, 2.75) is 25.9 Å². The monoisotopic (exact) mass is 212 g/mol. The lowest BCUT2D eigenvalue weighted by Gasteiger charge is -2.10. The van der Waals surface area contributed by atoms with Gasteiger partial charge in [-0.25, -0.2) is 0 Å². The molecule has 0 heterocycles. The molecule has 6 heteroatoms. The molecule has 0 spiro atoms. The Morgan fingerprint density at radius 2 is 2.07 bits per heavy atom. The van der Waals surface area contributed by atoms with Crippen LogP contribution in [-0.2, 0) is 4.79 Å². The van der Waals surface area contributed by atoms with Gasteiger partial charge in [-0.2, -0.15) is 13.2 Å². The fraction of sp³-hybridized carbons (Fsp3) is 0.875. The molecular formula is C8H15F3N2O. The maximum absolute atomic E-state index is 11.7. The summed E-state index contributed by atoms with van der Waals surface area (Å²) in [5, 5.41) is 2.39. The van der Waals surface area contributed by atoms with Crippen molar-refractivity contribution >= 4 is 5.91 Å². The molecule has 0 fully saturated rings. The molecule has 3 N–H and O–H groups in total. The van der Waals surface area contributed by atoms with Gasteiger partial charge < -0.3 is 11.1 Å². The number of carbonyl (C=O) groups is 1. The summed E-state index contributed by atoms with van der Waals surface area (Å²) >= 11 is 0. The molecule has 0 aromatic rings. The highest BCUT2D eigenvalue weighted by Gasteiger charge is 2.27. The molecule has 0 bridgehead atoms. The van der Waals surface area contributed by atoms with Crippen LogP contribution in [0, 0.1) is 5.92 Å². The van der Waals surface area contributed by atoms with Crippen molar-refractivity contribution in [1.29, 1.82) is 0 Å². The second kappa shape index (κ2) is 5.85. The van der Waals surface area contributed by atoms with Gasteiger partial charge in [-0.1, -0.05) is 6.92 Å². The van der Waals surface area contributed by atoms with E-state index in [-0.39, 0.29) is 5.92 Å². The molecule has 0 aliphatic heterocycles. The molecule has 84 valence electrons. The van der Waals surface area contributed by atoms with Crippen molar-refractivity contribution in [2.75, 3.05) is 13.1 Å². The van der Waals surface area contributed by atoms with E-state index in [1.807, 2.05) is 6.92 Å². The Morgan fingerprint density at radius 1 is 1.50 bits per heavy atom. The van der Waals surface area contributed by atoms with E-state index in [4.69, 9.17) is 5.73 Å². The molecule has 3 nitrogen and oxygen atoms in total. The molecule has 14 heavy (non-hydrogen) atoms. The van der Waals surface area contributed by atoms with Gasteiger partial charge >= 0.3 is 6.18 Å². The molecule has 0 aliphatic carbocycles. The third-order valence-electron chi connectivity index (χ3n) is 1.69. The van der Waals surface area contributed by atoms with Crippen LogP contribution in [0.1, 0.15) is 19.8 Å². The molecule has 0 rings (SSSR count). The van der Waals surface area contributed by atoms with Crippen LogP contribution in [0.25, 0.3) is 0 Å². The van der Waals surface area contributed by atoms with E-state index >= 15 is 0 Å². The SMILES string of the molecule is CC(CN)CNC(=O)CCC(F)(F)F. The second-order valence-corrected chi connectivity index (χ2v) is 3.26. The number of halogens is 3. The van der Waals surface area contributed by atoms with E-state index in [0.29, 0.717) is 13.1 Å². The number of nitrogens with one attached hydrogen (secondary N) is 1. The molecule has 0 aromatic heterocycles. The Kier molecular flexibility index (Phi) is 5.52. The van der Waals surface area contributed by atoms with Crippen LogP contribution in [0.15, 0.2) is 0 Å². The van der Waals surface area contributed by atoms with E-state index in [9.17, 15) is 18.0 Å². The van der Waals surface area contributed by atoms with Crippen molar-refractivity contribution in [3.05, 3.63) is 0 Å². The summed E-state index contributed by atoms with van der Waals surface area (Å²) in [5.74, 6) is -0.493. The van der Waals surface area contributed by atoms with Crippen LogP contribution in [0.3, 0.4) is 0 Å². The van der Waals surface area contributed by atoms with Crippen molar-refractivity contribution in [2.24, 2.45) is 11.7 Å². The third-order valence-corrected chi connectivity index (χ3v) is 1.69. The number of carbonyl (C=O) groups excluding carboxylic acids is 1. The summed E-state index contributed by atoms with van der Waals surface area (Å²) in [5.41, 5.74) is 5.27. The van der Waals surface area contributed by atoms with Crippen LogP contribution in [0.2, 0.25) is 0 Å². The van der Waals surface area contributed by atoms with Gasteiger partial charge in [-0.05, 0) is 12.5 Å². The molecular weight excluding hydrogens is 197 g/mol. The summed E-state index contributed by atoms with van der Waals surface area (Å²) in [4.78, 5) is 10.9. The first-order chi connectivity index (χ1) is 6.35. The number of alkyl halides is 3. The number of hydrogen-bond donors (Lipinski definition) is 2. The zero-order valence-corrected chi connectivity index (χ0v) is 8.03. The molecule has 0 radical (unpaired) electrons. The first kappa shape index (κ1) is 13.2. The van der Waals surface area contributed by atoms with Gasteiger partial charge in [-0.15, -0.1) is 0 Å². The summed E-state index contributed by atoms with van der Waals surface area (Å²) in [7, 11) is 0. The molecule has 1 atom stereocenters. The quantitative estimate of drug-likeness (QED) is 0.715. The lowest BCUT2D eigenvalue weighted by Crippen LogP contribution is -2.31. The van der Waals surface area contributed by atoms with Crippen LogP contribution in [0.5, 0.6) is 0 Å².